The molecule has 190 valence electrons. The molecule has 0 saturated carbocycles. The van der Waals surface area contributed by atoms with E-state index in [9.17, 15) is 31.9 Å². The molecule has 0 saturated heterocycles. The number of alkyl halides is 3. The number of benzene rings is 2. The van der Waals surface area contributed by atoms with Crippen LogP contribution in [-0.4, -0.2) is 32.4 Å². The fourth-order valence-electron chi connectivity index (χ4n) is 4.13. The highest BCUT2D eigenvalue weighted by atomic mass is 19.4. The van der Waals surface area contributed by atoms with Crippen LogP contribution in [0.15, 0.2) is 42.5 Å². The van der Waals surface area contributed by atoms with E-state index in [1.165, 1.54) is 26.0 Å². The Morgan fingerprint density at radius 2 is 1.62 bits per heavy atom. The number of carbonyl (C=O) groups excluding carboxylic acids is 3. The number of carbonyl (C=O) groups is 3. The lowest BCUT2D eigenvalue weighted by Crippen LogP contribution is -2.21. The fraction of sp³-hybridized carbons (Fsp3) is 0.160. The predicted molar refractivity (Wildman–Crippen MR) is 125 cm³/mol. The molecule has 2 aromatic carbocycles. The molecule has 2 heterocycles. The van der Waals surface area contributed by atoms with Crippen molar-refractivity contribution in [3.05, 3.63) is 82.1 Å². The maximum absolute atomic E-state index is 14.2. The summed E-state index contributed by atoms with van der Waals surface area (Å²) >= 11 is 0. The molecular weight excluding hydrogens is 494 g/mol. The summed E-state index contributed by atoms with van der Waals surface area (Å²) in [7, 11) is 0. The fourth-order valence-corrected chi connectivity index (χ4v) is 4.13. The Morgan fingerprint density at radius 3 is 2.16 bits per heavy atom. The molecule has 0 bridgehead atoms. The van der Waals surface area contributed by atoms with E-state index in [2.05, 4.69) is 10.1 Å². The largest absolute Gasteiger partial charge is 0.435 e. The van der Waals surface area contributed by atoms with Gasteiger partial charge in [0, 0.05) is 33.8 Å². The molecule has 0 aliphatic rings. The summed E-state index contributed by atoms with van der Waals surface area (Å²) in [5.41, 5.74) is 8.02. The van der Waals surface area contributed by atoms with Crippen molar-refractivity contribution < 1.29 is 31.9 Å². The highest BCUT2D eigenvalue weighted by molar-refractivity contribution is 6.15. The van der Waals surface area contributed by atoms with Gasteiger partial charge in [-0.3, -0.25) is 19.1 Å². The SMILES string of the molecule is CC(=O)c1ccc(Cn2nc(C(F)(F)F)c(-c3c(C(N)=O)nc4cc(F)ccc4c3C(N)=O)c2C)cc1. The number of rotatable bonds is 6. The first kappa shape index (κ1) is 25.5. The summed E-state index contributed by atoms with van der Waals surface area (Å²) in [4.78, 5) is 40.4. The average molecular weight is 513 g/mol. The minimum atomic E-state index is -5.01. The number of nitrogens with two attached hydrogens (primary N) is 2. The van der Waals surface area contributed by atoms with Gasteiger partial charge >= 0.3 is 6.18 Å². The van der Waals surface area contributed by atoms with E-state index in [1.807, 2.05) is 0 Å². The summed E-state index contributed by atoms with van der Waals surface area (Å²) in [5.74, 6) is -3.35. The van der Waals surface area contributed by atoms with Crippen LogP contribution in [0.3, 0.4) is 0 Å². The summed E-state index contributed by atoms with van der Waals surface area (Å²) in [6, 6.07) is 9.23. The van der Waals surface area contributed by atoms with Gasteiger partial charge < -0.3 is 11.5 Å². The van der Waals surface area contributed by atoms with Crippen LogP contribution < -0.4 is 11.5 Å². The second-order valence-electron chi connectivity index (χ2n) is 8.32. The second-order valence-corrected chi connectivity index (χ2v) is 8.32. The molecule has 0 fully saturated rings. The van der Waals surface area contributed by atoms with Crippen molar-refractivity contribution in [2.75, 3.05) is 0 Å². The lowest BCUT2D eigenvalue weighted by atomic mass is 9.92. The van der Waals surface area contributed by atoms with Gasteiger partial charge in [-0.15, -0.1) is 0 Å². The molecule has 4 rings (SSSR count). The Morgan fingerprint density at radius 1 is 0.973 bits per heavy atom. The van der Waals surface area contributed by atoms with E-state index in [-0.39, 0.29) is 28.9 Å². The van der Waals surface area contributed by atoms with Crippen LogP contribution in [0.4, 0.5) is 17.6 Å². The number of Topliss-reactive ketones (excluding diaryl/α,β-unsaturated/α-hetero) is 1. The maximum Gasteiger partial charge on any atom is 0.435 e. The molecule has 12 heteroatoms. The van der Waals surface area contributed by atoms with Crippen LogP contribution in [0, 0.1) is 12.7 Å². The summed E-state index contributed by atoms with van der Waals surface area (Å²) < 4.78 is 57.6. The number of halogens is 4. The molecule has 0 spiro atoms. The number of hydrogen-bond acceptors (Lipinski definition) is 5. The number of pyridine rings is 1. The summed E-state index contributed by atoms with van der Waals surface area (Å²) in [6.45, 7) is 2.58. The van der Waals surface area contributed by atoms with E-state index in [1.54, 1.807) is 12.1 Å². The zero-order valence-corrected chi connectivity index (χ0v) is 19.5. The number of nitrogens with zero attached hydrogens (tertiary/aromatic N) is 3. The number of fused-ring (bicyclic) bond motifs is 1. The zero-order valence-electron chi connectivity index (χ0n) is 19.5. The highest BCUT2D eigenvalue weighted by Gasteiger charge is 2.41. The number of hydrogen-bond donors (Lipinski definition) is 2. The van der Waals surface area contributed by atoms with Crippen LogP contribution >= 0.6 is 0 Å². The van der Waals surface area contributed by atoms with Crippen molar-refractivity contribution in [3.63, 3.8) is 0 Å². The van der Waals surface area contributed by atoms with Gasteiger partial charge in [-0.25, -0.2) is 9.37 Å². The monoisotopic (exact) mass is 513 g/mol. The van der Waals surface area contributed by atoms with Crippen molar-refractivity contribution in [3.8, 4) is 11.1 Å². The number of aromatic nitrogens is 3. The normalized spacial score (nSPS) is 11.6. The molecule has 37 heavy (non-hydrogen) atoms. The highest BCUT2D eigenvalue weighted by Crippen LogP contribution is 2.42. The molecule has 2 aromatic heterocycles. The quantitative estimate of drug-likeness (QED) is 0.297. The average Bonchev–Trinajstić information content (AvgIpc) is 3.13. The molecule has 4 N–H and O–H groups in total. The number of ketones is 1. The van der Waals surface area contributed by atoms with Gasteiger partial charge in [-0.05, 0) is 31.5 Å². The van der Waals surface area contributed by atoms with Crippen molar-refractivity contribution in [1.82, 2.24) is 14.8 Å². The van der Waals surface area contributed by atoms with Gasteiger partial charge in [0.25, 0.3) is 5.91 Å². The topological polar surface area (TPSA) is 134 Å². The van der Waals surface area contributed by atoms with E-state index >= 15 is 0 Å². The molecule has 4 aromatic rings. The minimum Gasteiger partial charge on any atom is -0.366 e. The Hall–Kier alpha value is -4.61. The van der Waals surface area contributed by atoms with Crippen molar-refractivity contribution in [1.29, 1.82) is 0 Å². The smallest absolute Gasteiger partial charge is 0.366 e. The molecule has 2 amide bonds. The van der Waals surface area contributed by atoms with Crippen LogP contribution in [-0.2, 0) is 12.7 Å². The van der Waals surface area contributed by atoms with Crippen LogP contribution in [0.5, 0.6) is 0 Å². The lowest BCUT2D eigenvalue weighted by molar-refractivity contribution is -0.141. The van der Waals surface area contributed by atoms with E-state index in [0.717, 1.165) is 22.9 Å². The first-order valence-electron chi connectivity index (χ1n) is 10.8. The van der Waals surface area contributed by atoms with Crippen molar-refractivity contribution in [2.45, 2.75) is 26.6 Å². The standard InChI is InChI=1S/C25H19F4N5O3/c1-11-18(20-19(23(30)36)16-8-7-15(26)9-17(16)32-21(20)24(31)37)22(25(27,28)29)33-34(11)10-13-3-5-14(6-4-13)12(2)35/h3-9H,10H2,1-2H3,(H2,30,36)(H2,31,37). The Kier molecular flexibility index (Phi) is 6.28. The third kappa shape index (κ3) is 4.65. The van der Waals surface area contributed by atoms with Gasteiger partial charge in [-0.1, -0.05) is 24.3 Å². The first-order chi connectivity index (χ1) is 17.3. The molecule has 0 aliphatic carbocycles. The minimum absolute atomic E-state index is 0.0590. The van der Waals surface area contributed by atoms with Crippen molar-refractivity contribution in [2.24, 2.45) is 11.5 Å². The Bertz CT molecular complexity index is 1590. The van der Waals surface area contributed by atoms with Crippen molar-refractivity contribution >= 4 is 28.5 Å². The van der Waals surface area contributed by atoms with Gasteiger partial charge in [-0.2, -0.15) is 18.3 Å². The van der Waals surface area contributed by atoms with Gasteiger partial charge in [0.05, 0.1) is 17.6 Å². The summed E-state index contributed by atoms with van der Waals surface area (Å²) in [6.07, 6.45) is -5.01. The molecule has 0 aliphatic heterocycles. The van der Waals surface area contributed by atoms with Gasteiger partial charge in [0.15, 0.2) is 11.5 Å². The lowest BCUT2D eigenvalue weighted by Gasteiger charge is -2.16. The Balaban J connectivity index is 2.04. The van der Waals surface area contributed by atoms with Crippen LogP contribution in [0.1, 0.15) is 55.1 Å². The van der Waals surface area contributed by atoms with Gasteiger partial charge in [0.2, 0.25) is 5.91 Å². The third-order valence-corrected chi connectivity index (χ3v) is 5.85. The molecule has 8 nitrogen and oxygen atoms in total. The van der Waals surface area contributed by atoms with E-state index in [0.29, 0.717) is 11.1 Å². The maximum atomic E-state index is 14.2. The number of primary amides is 2. The molecular formula is C25H19F4N5O3. The van der Waals surface area contributed by atoms with Gasteiger partial charge in [0.1, 0.15) is 11.5 Å². The number of amides is 2. The third-order valence-electron chi connectivity index (χ3n) is 5.85. The van der Waals surface area contributed by atoms with Crippen LogP contribution in [0.25, 0.3) is 22.0 Å². The molecule has 0 unspecified atom stereocenters. The van der Waals surface area contributed by atoms with E-state index in [4.69, 9.17) is 11.5 Å². The second kappa shape index (κ2) is 9.12. The van der Waals surface area contributed by atoms with E-state index < -0.39 is 51.9 Å². The van der Waals surface area contributed by atoms with Crippen LogP contribution in [0.2, 0.25) is 0 Å². The zero-order chi connectivity index (χ0) is 27.2. The molecule has 0 atom stereocenters. The first-order valence-corrected chi connectivity index (χ1v) is 10.8. The molecule has 0 radical (unpaired) electrons. The Labute approximate surface area is 206 Å². The predicted octanol–water partition coefficient (Wildman–Crippen LogP) is 4.01. The summed E-state index contributed by atoms with van der Waals surface area (Å²) in [5, 5.41) is 3.68.